The molecule has 1 N–H and O–H groups in total. The molecule has 4 rings (SSSR count). The molecule has 8 nitrogen and oxygen atoms in total. The van der Waals surface area contributed by atoms with Gasteiger partial charge in [-0.15, -0.1) is 24.0 Å². The number of rotatable bonds is 6. The number of aliphatic imine (C=N–C) groups is 1. The van der Waals surface area contributed by atoms with E-state index in [1.807, 2.05) is 11.9 Å². The number of halogens is 1. The van der Waals surface area contributed by atoms with Crippen molar-refractivity contribution >= 4 is 41.5 Å². The van der Waals surface area contributed by atoms with Crippen molar-refractivity contribution in [3.63, 3.8) is 0 Å². The minimum atomic E-state index is 0. The highest BCUT2D eigenvalue weighted by molar-refractivity contribution is 14.0. The smallest absolute Gasteiger partial charge is 0.222 e. The number of guanidine groups is 1. The van der Waals surface area contributed by atoms with Gasteiger partial charge in [-0.2, -0.15) is 5.10 Å². The molecule has 1 unspecified atom stereocenters. The molecule has 0 saturated carbocycles. The van der Waals surface area contributed by atoms with Gasteiger partial charge >= 0.3 is 0 Å². The number of para-hydroxylation sites is 1. The zero-order valence-corrected chi connectivity index (χ0v) is 20.0. The van der Waals surface area contributed by atoms with Crippen LogP contribution in [0.4, 0.5) is 5.69 Å². The van der Waals surface area contributed by atoms with Crippen LogP contribution in [-0.2, 0) is 18.4 Å². The molecule has 1 aromatic heterocycles. The summed E-state index contributed by atoms with van der Waals surface area (Å²) in [5.74, 6) is 2.38. The lowest BCUT2D eigenvalue weighted by Gasteiger charge is -2.23. The van der Waals surface area contributed by atoms with Gasteiger partial charge in [-0.25, -0.2) is 9.98 Å². The van der Waals surface area contributed by atoms with Crippen molar-refractivity contribution in [3.05, 3.63) is 42.0 Å². The van der Waals surface area contributed by atoms with Crippen LogP contribution >= 0.6 is 24.0 Å². The molecule has 0 spiro atoms. The SMILES string of the molecule is CCNC(=NCc1ncnn1C)N1CC(CCN2CCCC2=O)c2ccccc21.I. The summed E-state index contributed by atoms with van der Waals surface area (Å²) in [6.07, 6.45) is 4.22. The second kappa shape index (κ2) is 10.2. The minimum absolute atomic E-state index is 0. The first-order valence-corrected chi connectivity index (χ1v) is 10.4. The molecule has 2 aliphatic rings. The van der Waals surface area contributed by atoms with Gasteiger partial charge < -0.3 is 15.1 Å². The fraction of sp³-hybridized carbons (Fsp3) is 0.524. The van der Waals surface area contributed by atoms with Crippen LogP contribution in [0.3, 0.4) is 0 Å². The molecule has 1 atom stereocenters. The van der Waals surface area contributed by atoms with Crippen molar-refractivity contribution < 1.29 is 4.79 Å². The van der Waals surface area contributed by atoms with Crippen LogP contribution in [-0.4, -0.2) is 57.7 Å². The molecule has 3 heterocycles. The summed E-state index contributed by atoms with van der Waals surface area (Å²) in [5, 5.41) is 7.55. The predicted molar refractivity (Wildman–Crippen MR) is 128 cm³/mol. The highest BCUT2D eigenvalue weighted by Gasteiger charge is 2.32. The Balaban J connectivity index is 0.00000256. The van der Waals surface area contributed by atoms with Crippen molar-refractivity contribution in [2.75, 3.05) is 31.1 Å². The maximum Gasteiger partial charge on any atom is 0.222 e. The molecule has 2 aliphatic heterocycles. The number of hydrogen-bond donors (Lipinski definition) is 1. The maximum atomic E-state index is 12.0. The summed E-state index contributed by atoms with van der Waals surface area (Å²) in [5.41, 5.74) is 2.53. The number of likely N-dealkylation sites (tertiary alicyclic amines) is 1. The quantitative estimate of drug-likeness (QED) is 0.358. The van der Waals surface area contributed by atoms with Gasteiger partial charge in [0.2, 0.25) is 5.91 Å². The Morgan fingerprint density at radius 1 is 1.33 bits per heavy atom. The normalized spacial score (nSPS) is 18.5. The molecule has 1 saturated heterocycles. The average Bonchev–Trinajstić information content (AvgIpc) is 3.43. The van der Waals surface area contributed by atoms with Crippen LogP contribution in [0.1, 0.15) is 43.5 Å². The first kappa shape index (κ1) is 22.5. The van der Waals surface area contributed by atoms with E-state index < -0.39 is 0 Å². The second-order valence-electron chi connectivity index (χ2n) is 7.61. The number of hydrogen-bond acceptors (Lipinski definition) is 4. The summed E-state index contributed by atoms with van der Waals surface area (Å²) >= 11 is 0. The first-order valence-electron chi connectivity index (χ1n) is 10.4. The second-order valence-corrected chi connectivity index (χ2v) is 7.61. The van der Waals surface area contributed by atoms with Crippen LogP contribution < -0.4 is 10.2 Å². The molecule has 9 heteroatoms. The number of aromatic nitrogens is 3. The summed E-state index contributed by atoms with van der Waals surface area (Å²) < 4.78 is 1.75. The van der Waals surface area contributed by atoms with Crippen molar-refractivity contribution in [3.8, 4) is 0 Å². The number of aryl methyl sites for hydroxylation is 1. The molecule has 1 aromatic carbocycles. The topological polar surface area (TPSA) is 78.7 Å². The summed E-state index contributed by atoms with van der Waals surface area (Å²) in [4.78, 5) is 25.4. The molecule has 0 aliphatic carbocycles. The van der Waals surface area contributed by atoms with Gasteiger partial charge in [0.25, 0.3) is 0 Å². The van der Waals surface area contributed by atoms with Crippen molar-refractivity contribution in [2.45, 2.75) is 38.6 Å². The van der Waals surface area contributed by atoms with Crippen LogP contribution in [0, 0.1) is 0 Å². The van der Waals surface area contributed by atoms with Crippen LogP contribution in [0.5, 0.6) is 0 Å². The van der Waals surface area contributed by atoms with E-state index in [0.29, 0.717) is 24.8 Å². The third kappa shape index (κ3) is 4.76. The van der Waals surface area contributed by atoms with E-state index in [4.69, 9.17) is 4.99 Å². The third-order valence-corrected chi connectivity index (χ3v) is 5.76. The highest BCUT2D eigenvalue weighted by Crippen LogP contribution is 2.38. The van der Waals surface area contributed by atoms with E-state index in [2.05, 4.69) is 51.5 Å². The molecule has 0 bridgehead atoms. The minimum Gasteiger partial charge on any atom is -0.356 e. The summed E-state index contributed by atoms with van der Waals surface area (Å²) in [7, 11) is 1.88. The number of benzene rings is 1. The maximum absolute atomic E-state index is 12.0. The molecule has 2 aromatic rings. The van der Waals surface area contributed by atoms with Gasteiger partial charge in [-0.1, -0.05) is 18.2 Å². The zero-order valence-electron chi connectivity index (χ0n) is 17.6. The van der Waals surface area contributed by atoms with Gasteiger partial charge in [-0.3, -0.25) is 9.48 Å². The van der Waals surface area contributed by atoms with Crippen LogP contribution in [0.2, 0.25) is 0 Å². The van der Waals surface area contributed by atoms with E-state index in [1.165, 1.54) is 11.3 Å². The molecule has 162 valence electrons. The van der Waals surface area contributed by atoms with Crippen molar-refractivity contribution in [1.29, 1.82) is 0 Å². The number of amides is 1. The number of anilines is 1. The van der Waals surface area contributed by atoms with Gasteiger partial charge in [0.05, 0.1) is 0 Å². The van der Waals surface area contributed by atoms with Crippen LogP contribution in [0.15, 0.2) is 35.6 Å². The molecule has 1 fully saturated rings. The Kier molecular flexibility index (Phi) is 7.68. The molecule has 0 radical (unpaired) electrons. The summed E-state index contributed by atoms with van der Waals surface area (Å²) in [6, 6.07) is 8.54. The van der Waals surface area contributed by atoms with Crippen LogP contribution in [0.25, 0.3) is 0 Å². The molecule has 30 heavy (non-hydrogen) atoms. The van der Waals surface area contributed by atoms with E-state index >= 15 is 0 Å². The average molecular weight is 523 g/mol. The van der Waals surface area contributed by atoms with Gasteiger partial charge in [0.15, 0.2) is 5.96 Å². The zero-order chi connectivity index (χ0) is 20.2. The van der Waals surface area contributed by atoms with E-state index in [9.17, 15) is 4.79 Å². The Morgan fingerprint density at radius 3 is 2.87 bits per heavy atom. The van der Waals surface area contributed by atoms with E-state index in [1.54, 1.807) is 11.0 Å². The lowest BCUT2D eigenvalue weighted by atomic mass is 9.98. The Hall–Kier alpha value is -2.17. The van der Waals surface area contributed by atoms with Gasteiger partial charge in [0, 0.05) is 51.3 Å². The highest BCUT2D eigenvalue weighted by atomic mass is 127. The molecular formula is C21H30IN7O. The Morgan fingerprint density at radius 2 is 2.17 bits per heavy atom. The molecule has 1 amide bonds. The molecular weight excluding hydrogens is 493 g/mol. The van der Waals surface area contributed by atoms with Gasteiger partial charge in [0.1, 0.15) is 18.7 Å². The Bertz CT molecular complexity index is 897. The number of nitrogens with zero attached hydrogens (tertiary/aromatic N) is 6. The fourth-order valence-electron chi connectivity index (χ4n) is 4.20. The monoisotopic (exact) mass is 523 g/mol. The van der Waals surface area contributed by atoms with E-state index in [-0.39, 0.29) is 24.0 Å². The number of carbonyl (C=O) groups is 1. The first-order chi connectivity index (χ1) is 14.2. The number of fused-ring (bicyclic) bond motifs is 1. The Labute approximate surface area is 194 Å². The predicted octanol–water partition coefficient (Wildman–Crippen LogP) is 2.51. The fourth-order valence-corrected chi connectivity index (χ4v) is 4.20. The van der Waals surface area contributed by atoms with Crippen molar-refractivity contribution in [2.24, 2.45) is 12.0 Å². The standard InChI is InChI=1S/C21H29N7O.HI/c1-3-22-21(23-13-19-24-15-25-26(19)2)28-14-16(17-7-4-5-8-18(17)28)10-12-27-11-6-9-20(27)29;/h4-5,7-8,15-16H,3,6,9-14H2,1-2H3,(H,22,23);1H. The summed E-state index contributed by atoms with van der Waals surface area (Å²) in [6.45, 7) is 5.95. The lowest BCUT2D eigenvalue weighted by Crippen LogP contribution is -2.41. The number of carbonyl (C=O) groups excluding carboxylic acids is 1. The number of nitrogens with one attached hydrogen (secondary N) is 1. The third-order valence-electron chi connectivity index (χ3n) is 5.76. The largest absolute Gasteiger partial charge is 0.356 e. The van der Waals surface area contributed by atoms with Crippen molar-refractivity contribution in [1.82, 2.24) is 25.0 Å². The van der Waals surface area contributed by atoms with Gasteiger partial charge in [-0.05, 0) is 31.4 Å². The van der Waals surface area contributed by atoms with E-state index in [0.717, 1.165) is 50.8 Å². The lowest BCUT2D eigenvalue weighted by molar-refractivity contribution is -0.127.